The van der Waals surface area contributed by atoms with Gasteiger partial charge in [0.05, 0.1) is 19.9 Å². The lowest BCUT2D eigenvalue weighted by Gasteiger charge is -2.31. The summed E-state index contributed by atoms with van der Waals surface area (Å²) in [6.07, 6.45) is 4.92. The number of allylic oxidation sites excluding steroid dienone is 3. The highest BCUT2D eigenvalue weighted by Gasteiger charge is 2.28. The molecule has 0 aliphatic heterocycles. The van der Waals surface area contributed by atoms with Crippen LogP contribution in [0.4, 0.5) is 0 Å². The van der Waals surface area contributed by atoms with Crippen molar-refractivity contribution >= 4 is 11.3 Å². The molecule has 0 heterocycles. The highest BCUT2D eigenvalue weighted by Crippen LogP contribution is 2.40. The molecule has 0 N–H and O–H groups in total. The smallest absolute Gasteiger partial charge is 0.161 e. The summed E-state index contributed by atoms with van der Waals surface area (Å²) < 4.78 is 10.8. The quantitative estimate of drug-likeness (QED) is 0.452. The average Bonchev–Trinajstić information content (AvgIpc) is 2.65. The summed E-state index contributed by atoms with van der Waals surface area (Å²) in [5.41, 5.74) is 4.26. The fraction of sp³-hybridized carbons (Fsp3) is 0.522. The normalized spacial score (nSPS) is 17.4. The fourth-order valence-corrected chi connectivity index (χ4v) is 3.41. The van der Waals surface area contributed by atoms with Gasteiger partial charge in [0.2, 0.25) is 0 Å². The van der Waals surface area contributed by atoms with Gasteiger partial charge in [-0.05, 0) is 73.7 Å². The molecule has 1 aromatic carbocycles. The van der Waals surface area contributed by atoms with Crippen molar-refractivity contribution in [3.8, 4) is 11.5 Å². The number of methoxy groups -OCH3 is 2. The zero-order chi connectivity index (χ0) is 20.7. The Hall–Kier alpha value is -2.27. The van der Waals surface area contributed by atoms with Crippen LogP contribution in [0.25, 0.3) is 5.57 Å². The molecule has 0 unspecified atom stereocenters. The van der Waals surface area contributed by atoms with Gasteiger partial charge in [0.25, 0.3) is 0 Å². The van der Waals surface area contributed by atoms with Crippen LogP contribution in [-0.2, 0) is 4.84 Å². The van der Waals surface area contributed by atoms with Crippen molar-refractivity contribution in [3.63, 3.8) is 0 Å². The Bertz CT molecular complexity index is 748. The third-order valence-electron chi connectivity index (χ3n) is 4.81. The molecule has 0 amide bonds. The summed E-state index contributed by atoms with van der Waals surface area (Å²) in [7, 11) is 7.40. The zero-order valence-corrected chi connectivity index (χ0v) is 18.2. The molecule has 0 fully saturated rings. The predicted molar refractivity (Wildman–Crippen MR) is 116 cm³/mol. The van der Waals surface area contributed by atoms with Crippen molar-refractivity contribution in [2.75, 3.05) is 41.5 Å². The van der Waals surface area contributed by atoms with Crippen molar-refractivity contribution in [2.24, 2.45) is 10.6 Å². The molecule has 28 heavy (non-hydrogen) atoms. The number of hydrogen-bond acceptors (Lipinski definition) is 5. The molecular formula is C23H34N2O3. The van der Waals surface area contributed by atoms with Gasteiger partial charge in [0.1, 0.15) is 6.61 Å². The number of benzene rings is 1. The molecular weight excluding hydrogens is 352 g/mol. The third-order valence-corrected chi connectivity index (χ3v) is 4.81. The number of oxime groups is 1. The molecule has 0 saturated heterocycles. The van der Waals surface area contributed by atoms with Crippen LogP contribution in [-0.4, -0.2) is 52.1 Å². The molecule has 5 heteroatoms. The van der Waals surface area contributed by atoms with Gasteiger partial charge >= 0.3 is 0 Å². The molecule has 0 radical (unpaired) electrons. The maximum Gasteiger partial charge on any atom is 0.161 e. The van der Waals surface area contributed by atoms with Crippen molar-refractivity contribution in [1.29, 1.82) is 0 Å². The maximum absolute atomic E-state index is 5.57. The first-order chi connectivity index (χ1) is 13.3. The highest BCUT2D eigenvalue weighted by atomic mass is 16.6. The van der Waals surface area contributed by atoms with E-state index < -0.39 is 0 Å². The van der Waals surface area contributed by atoms with Crippen molar-refractivity contribution in [3.05, 3.63) is 42.0 Å². The number of rotatable bonds is 9. The first-order valence-corrected chi connectivity index (χ1v) is 9.71. The second-order valence-electron chi connectivity index (χ2n) is 8.31. The van der Waals surface area contributed by atoms with E-state index in [0.717, 1.165) is 42.7 Å². The molecule has 0 atom stereocenters. The first kappa shape index (κ1) is 22.0. The molecule has 1 aromatic rings. The average molecular weight is 387 g/mol. The predicted octanol–water partition coefficient (Wildman–Crippen LogP) is 4.79. The minimum atomic E-state index is 0.107. The number of ether oxygens (including phenoxy) is 2. The van der Waals surface area contributed by atoms with E-state index in [4.69, 9.17) is 14.3 Å². The van der Waals surface area contributed by atoms with Gasteiger partial charge in [0, 0.05) is 6.54 Å². The lowest BCUT2D eigenvalue weighted by molar-refractivity contribution is 0.133. The summed E-state index contributed by atoms with van der Waals surface area (Å²) in [6, 6.07) is 5.90. The van der Waals surface area contributed by atoms with Crippen LogP contribution in [0, 0.1) is 5.41 Å². The summed E-state index contributed by atoms with van der Waals surface area (Å²) in [4.78, 5) is 7.71. The number of nitrogens with zero attached hydrogens (tertiary/aromatic N) is 2. The fourth-order valence-electron chi connectivity index (χ4n) is 3.41. The lowest BCUT2D eigenvalue weighted by Crippen LogP contribution is -2.22. The summed E-state index contributed by atoms with van der Waals surface area (Å²) >= 11 is 0. The molecule has 1 aliphatic carbocycles. The van der Waals surface area contributed by atoms with Gasteiger partial charge in [-0.25, -0.2) is 0 Å². The van der Waals surface area contributed by atoms with Crippen molar-refractivity contribution in [1.82, 2.24) is 4.90 Å². The molecule has 5 nitrogen and oxygen atoms in total. The summed E-state index contributed by atoms with van der Waals surface area (Å²) in [6.45, 7) is 10.5. The minimum absolute atomic E-state index is 0.107. The molecule has 2 rings (SSSR count). The minimum Gasteiger partial charge on any atom is -0.493 e. The highest BCUT2D eigenvalue weighted by molar-refractivity contribution is 6.00. The van der Waals surface area contributed by atoms with Crippen LogP contribution >= 0.6 is 0 Å². The second-order valence-corrected chi connectivity index (χ2v) is 8.31. The van der Waals surface area contributed by atoms with E-state index in [1.807, 2.05) is 18.2 Å². The largest absolute Gasteiger partial charge is 0.493 e. The van der Waals surface area contributed by atoms with Crippen LogP contribution in [0.1, 0.15) is 38.7 Å². The van der Waals surface area contributed by atoms with E-state index in [2.05, 4.69) is 50.7 Å². The van der Waals surface area contributed by atoms with Crippen LogP contribution in [0.3, 0.4) is 0 Å². The molecule has 0 bridgehead atoms. The van der Waals surface area contributed by atoms with Gasteiger partial charge in [-0.1, -0.05) is 31.6 Å². The Morgan fingerprint density at radius 2 is 1.86 bits per heavy atom. The molecule has 0 saturated carbocycles. The van der Waals surface area contributed by atoms with Gasteiger partial charge in [-0.2, -0.15) is 0 Å². The topological polar surface area (TPSA) is 43.3 Å². The Morgan fingerprint density at radius 3 is 2.50 bits per heavy atom. The Morgan fingerprint density at radius 1 is 1.14 bits per heavy atom. The molecule has 0 spiro atoms. The van der Waals surface area contributed by atoms with Crippen LogP contribution < -0.4 is 9.47 Å². The van der Waals surface area contributed by atoms with E-state index >= 15 is 0 Å². The van der Waals surface area contributed by atoms with Gasteiger partial charge < -0.3 is 19.2 Å². The molecule has 0 aromatic heterocycles. The SMILES string of the molecule is C=C(C1=C/C(=N/OCCCN(C)C)CC(C)(C)C1)c1ccc(OC)c(OC)c1. The van der Waals surface area contributed by atoms with E-state index in [0.29, 0.717) is 18.1 Å². The zero-order valence-electron chi connectivity index (χ0n) is 18.2. The van der Waals surface area contributed by atoms with E-state index in [1.165, 1.54) is 5.57 Å². The van der Waals surface area contributed by atoms with E-state index in [-0.39, 0.29) is 5.41 Å². The monoisotopic (exact) mass is 386 g/mol. The van der Waals surface area contributed by atoms with Crippen LogP contribution in [0.2, 0.25) is 0 Å². The van der Waals surface area contributed by atoms with E-state index in [9.17, 15) is 0 Å². The summed E-state index contributed by atoms with van der Waals surface area (Å²) in [5, 5.41) is 4.40. The van der Waals surface area contributed by atoms with Gasteiger partial charge in [0.15, 0.2) is 11.5 Å². The Balaban J connectivity index is 2.17. The maximum atomic E-state index is 5.57. The molecule has 154 valence electrons. The van der Waals surface area contributed by atoms with E-state index in [1.54, 1.807) is 14.2 Å². The Labute approximate surface area is 169 Å². The molecule has 1 aliphatic rings. The Kier molecular flexibility index (Phi) is 7.69. The van der Waals surface area contributed by atoms with Gasteiger partial charge in [-0.3, -0.25) is 0 Å². The van der Waals surface area contributed by atoms with Crippen molar-refractivity contribution < 1.29 is 14.3 Å². The van der Waals surface area contributed by atoms with Crippen molar-refractivity contribution in [2.45, 2.75) is 33.1 Å². The summed E-state index contributed by atoms with van der Waals surface area (Å²) in [5.74, 6) is 1.42. The lowest BCUT2D eigenvalue weighted by atomic mass is 9.74. The standard InChI is InChI=1S/C23H34N2O3/c1-17(18-9-10-21(26-6)22(14-18)27-7)19-13-20(16-23(2,3)15-19)24-28-12-8-11-25(4)5/h9-10,13-14H,1,8,11-12,15-16H2,2-7H3/b24-20-. The third kappa shape index (κ3) is 6.13. The second kappa shape index (κ2) is 9.78. The number of hydrogen-bond donors (Lipinski definition) is 0. The first-order valence-electron chi connectivity index (χ1n) is 9.71. The van der Waals surface area contributed by atoms with Crippen LogP contribution in [0.15, 0.2) is 41.6 Å². The van der Waals surface area contributed by atoms with Gasteiger partial charge in [-0.15, -0.1) is 0 Å². The van der Waals surface area contributed by atoms with Crippen LogP contribution in [0.5, 0.6) is 11.5 Å².